The van der Waals surface area contributed by atoms with Crippen LogP contribution < -0.4 is 15.4 Å². The first kappa shape index (κ1) is 17.9. The summed E-state index contributed by atoms with van der Waals surface area (Å²) in [5, 5.41) is 6.01. The van der Waals surface area contributed by atoms with Gasteiger partial charge < -0.3 is 20.4 Å². The maximum atomic E-state index is 13.4. The lowest BCUT2D eigenvalue weighted by molar-refractivity contribution is -0.141. The number of H-pyrrole nitrogens is 1. The van der Waals surface area contributed by atoms with Crippen LogP contribution in [0.3, 0.4) is 0 Å². The van der Waals surface area contributed by atoms with E-state index in [9.17, 15) is 14.0 Å². The van der Waals surface area contributed by atoms with E-state index in [4.69, 9.17) is 16.3 Å². The maximum Gasteiger partial charge on any atom is 0.268 e. The lowest BCUT2D eigenvalue weighted by Crippen LogP contribution is -2.84. The minimum Gasteiger partial charge on any atom is -0.484 e. The van der Waals surface area contributed by atoms with Crippen molar-refractivity contribution < 1.29 is 18.7 Å². The molecule has 3 saturated carbocycles. The monoisotopic (exact) mass is 391 g/mol. The zero-order valence-corrected chi connectivity index (χ0v) is 15.5. The van der Waals surface area contributed by atoms with E-state index in [0.717, 1.165) is 11.6 Å². The van der Waals surface area contributed by atoms with E-state index in [1.54, 1.807) is 12.3 Å². The fraction of sp³-hybridized carbons (Fsp3) is 0.368. The van der Waals surface area contributed by atoms with Gasteiger partial charge in [0.15, 0.2) is 6.61 Å². The third kappa shape index (κ3) is 3.39. The lowest BCUT2D eigenvalue weighted by atomic mass is 9.44. The van der Waals surface area contributed by atoms with E-state index in [2.05, 4.69) is 15.6 Å². The Morgan fingerprint density at radius 2 is 1.93 bits per heavy atom. The molecule has 0 spiro atoms. The standard InChI is InChI=1S/C19H19ClFN3O3/c1-11-4-15(22-6-11)17(26)24-19-8-18(9-19,10-19)23-16(25)7-27-12-2-3-13(20)14(21)5-12/h2-6,22H,7-10H2,1H3,(H,23,25)(H,24,26). The number of carbonyl (C=O) groups is 2. The molecule has 2 aromatic rings. The minimum atomic E-state index is -0.594. The number of aromatic amines is 1. The predicted octanol–water partition coefficient (Wildman–Crippen LogP) is 2.72. The number of carbonyl (C=O) groups excluding carboxylic acids is 2. The van der Waals surface area contributed by atoms with Crippen LogP contribution in [0.5, 0.6) is 5.75 Å². The van der Waals surface area contributed by atoms with Crippen LogP contribution in [0.4, 0.5) is 4.39 Å². The highest BCUT2D eigenvalue weighted by Gasteiger charge is 2.69. The summed E-state index contributed by atoms with van der Waals surface area (Å²) in [6, 6.07) is 5.83. The van der Waals surface area contributed by atoms with E-state index in [-0.39, 0.29) is 40.3 Å². The summed E-state index contributed by atoms with van der Waals surface area (Å²) < 4.78 is 18.7. The molecule has 2 bridgehead atoms. The van der Waals surface area contributed by atoms with Gasteiger partial charge in [-0.1, -0.05) is 11.6 Å². The van der Waals surface area contributed by atoms with Gasteiger partial charge in [-0.25, -0.2) is 4.39 Å². The number of nitrogens with one attached hydrogen (secondary N) is 3. The van der Waals surface area contributed by atoms with E-state index in [1.807, 2.05) is 6.92 Å². The number of hydrogen-bond donors (Lipinski definition) is 3. The second-order valence-electron chi connectivity index (χ2n) is 7.55. The maximum absolute atomic E-state index is 13.4. The second-order valence-corrected chi connectivity index (χ2v) is 7.96. The van der Waals surface area contributed by atoms with E-state index >= 15 is 0 Å². The average Bonchev–Trinajstić information content (AvgIpc) is 2.99. The molecule has 6 nitrogen and oxygen atoms in total. The van der Waals surface area contributed by atoms with Crippen LogP contribution in [0.15, 0.2) is 30.5 Å². The molecular weight excluding hydrogens is 373 g/mol. The third-order valence-corrected chi connectivity index (χ3v) is 5.45. The highest BCUT2D eigenvalue weighted by atomic mass is 35.5. The van der Waals surface area contributed by atoms with Crippen LogP contribution in [0.25, 0.3) is 0 Å². The van der Waals surface area contributed by atoms with Crippen LogP contribution in [-0.4, -0.2) is 34.5 Å². The number of halogens is 2. The van der Waals surface area contributed by atoms with Crippen molar-refractivity contribution in [2.75, 3.05) is 6.61 Å². The summed E-state index contributed by atoms with van der Waals surface area (Å²) in [5.74, 6) is -0.751. The topological polar surface area (TPSA) is 83.2 Å². The Morgan fingerprint density at radius 1 is 1.22 bits per heavy atom. The number of aryl methyl sites for hydroxylation is 1. The van der Waals surface area contributed by atoms with Gasteiger partial charge in [0.1, 0.15) is 17.3 Å². The Kier molecular flexibility index (Phi) is 4.14. The number of aromatic nitrogens is 1. The van der Waals surface area contributed by atoms with E-state index in [1.165, 1.54) is 12.1 Å². The first-order valence-corrected chi connectivity index (χ1v) is 9.02. The lowest BCUT2D eigenvalue weighted by Gasteiger charge is -2.70. The molecule has 3 fully saturated rings. The molecule has 3 aliphatic carbocycles. The molecule has 0 atom stereocenters. The van der Waals surface area contributed by atoms with Gasteiger partial charge in [-0.15, -0.1) is 0 Å². The molecule has 142 valence electrons. The van der Waals surface area contributed by atoms with Crippen molar-refractivity contribution in [1.82, 2.24) is 15.6 Å². The number of amides is 2. The Hall–Kier alpha value is -2.54. The fourth-order valence-corrected chi connectivity index (χ4v) is 4.16. The molecule has 0 aliphatic heterocycles. The van der Waals surface area contributed by atoms with Crippen LogP contribution in [-0.2, 0) is 4.79 Å². The van der Waals surface area contributed by atoms with Gasteiger partial charge in [0.25, 0.3) is 11.8 Å². The molecule has 3 aliphatic rings. The van der Waals surface area contributed by atoms with Crippen molar-refractivity contribution in [3.05, 3.63) is 52.6 Å². The fourth-order valence-electron chi connectivity index (χ4n) is 4.04. The molecule has 0 radical (unpaired) electrons. The van der Waals surface area contributed by atoms with Crippen molar-refractivity contribution >= 4 is 23.4 Å². The first-order chi connectivity index (χ1) is 12.8. The van der Waals surface area contributed by atoms with Crippen LogP contribution in [0.1, 0.15) is 35.3 Å². The molecule has 3 N–H and O–H groups in total. The highest BCUT2D eigenvalue weighted by molar-refractivity contribution is 6.30. The van der Waals surface area contributed by atoms with Crippen molar-refractivity contribution in [3.8, 4) is 5.75 Å². The quantitative estimate of drug-likeness (QED) is 0.708. The van der Waals surface area contributed by atoms with Gasteiger partial charge >= 0.3 is 0 Å². The molecule has 0 saturated heterocycles. The zero-order chi connectivity index (χ0) is 19.2. The summed E-state index contributed by atoms with van der Waals surface area (Å²) >= 11 is 5.61. The third-order valence-electron chi connectivity index (χ3n) is 5.15. The van der Waals surface area contributed by atoms with Crippen LogP contribution >= 0.6 is 11.6 Å². The van der Waals surface area contributed by atoms with Gasteiger partial charge in [-0.3, -0.25) is 9.59 Å². The Balaban J connectivity index is 1.23. The van der Waals surface area contributed by atoms with Gasteiger partial charge in [-0.2, -0.15) is 0 Å². The minimum absolute atomic E-state index is 0.00234. The first-order valence-electron chi connectivity index (χ1n) is 8.65. The van der Waals surface area contributed by atoms with Gasteiger partial charge in [0.05, 0.1) is 5.02 Å². The summed E-state index contributed by atoms with van der Waals surface area (Å²) in [7, 11) is 0. The van der Waals surface area contributed by atoms with Crippen molar-refractivity contribution in [1.29, 1.82) is 0 Å². The largest absolute Gasteiger partial charge is 0.484 e. The van der Waals surface area contributed by atoms with Gasteiger partial charge in [0, 0.05) is 23.3 Å². The van der Waals surface area contributed by atoms with Crippen molar-refractivity contribution in [2.24, 2.45) is 0 Å². The van der Waals surface area contributed by atoms with Crippen LogP contribution in [0.2, 0.25) is 5.02 Å². The zero-order valence-electron chi connectivity index (χ0n) is 14.7. The molecule has 27 heavy (non-hydrogen) atoms. The molecule has 1 aromatic heterocycles. The number of hydrogen-bond acceptors (Lipinski definition) is 3. The second kappa shape index (κ2) is 6.27. The Labute approximate surface area is 160 Å². The normalized spacial score (nSPS) is 25.1. The summed E-state index contributed by atoms with van der Waals surface area (Å²) in [6.07, 6.45) is 3.89. The molecule has 5 rings (SSSR count). The molecule has 1 heterocycles. The predicted molar refractivity (Wildman–Crippen MR) is 97.4 cm³/mol. The molecular formula is C19H19ClFN3O3. The number of ether oxygens (including phenoxy) is 1. The van der Waals surface area contributed by atoms with Crippen molar-refractivity contribution in [2.45, 2.75) is 37.3 Å². The van der Waals surface area contributed by atoms with Gasteiger partial charge in [-0.05, 0) is 49.9 Å². The molecule has 1 aromatic carbocycles. The molecule has 0 unspecified atom stereocenters. The van der Waals surface area contributed by atoms with E-state index < -0.39 is 5.82 Å². The molecule has 8 heteroatoms. The Morgan fingerprint density at radius 3 is 2.56 bits per heavy atom. The smallest absolute Gasteiger partial charge is 0.268 e. The number of benzene rings is 1. The van der Waals surface area contributed by atoms with E-state index in [0.29, 0.717) is 25.0 Å². The van der Waals surface area contributed by atoms with Gasteiger partial charge in [0.2, 0.25) is 0 Å². The summed E-state index contributed by atoms with van der Waals surface area (Å²) in [4.78, 5) is 27.3. The summed E-state index contributed by atoms with van der Waals surface area (Å²) in [6.45, 7) is 1.71. The average molecular weight is 392 g/mol. The number of rotatable bonds is 6. The molecule has 2 amide bonds. The SMILES string of the molecule is Cc1c[nH]c(C(=O)NC23CC(NC(=O)COc4ccc(Cl)c(F)c4)(C2)C3)c1. The summed E-state index contributed by atoms with van der Waals surface area (Å²) in [5.41, 5.74) is 1.04. The Bertz CT molecular complexity index is 907. The van der Waals surface area contributed by atoms with Crippen molar-refractivity contribution in [3.63, 3.8) is 0 Å². The highest BCUT2D eigenvalue weighted by Crippen LogP contribution is 2.60. The van der Waals surface area contributed by atoms with Crippen LogP contribution in [0, 0.1) is 12.7 Å².